The zero-order valence-electron chi connectivity index (χ0n) is 10.3. The summed E-state index contributed by atoms with van der Waals surface area (Å²) >= 11 is 0. The zero-order chi connectivity index (χ0) is 13.1. The Morgan fingerprint density at radius 3 is 2.47 bits per heavy atom. The van der Waals surface area contributed by atoms with Gasteiger partial charge in [0.1, 0.15) is 5.69 Å². The number of hydrogen-bond acceptors (Lipinski definition) is 4. The van der Waals surface area contributed by atoms with Gasteiger partial charge < -0.3 is 15.1 Å². The first-order chi connectivity index (χ1) is 7.83. The molecule has 5 nitrogen and oxygen atoms in total. The quantitative estimate of drug-likeness (QED) is 0.810. The van der Waals surface area contributed by atoms with Crippen molar-refractivity contribution in [3.8, 4) is 0 Å². The van der Waals surface area contributed by atoms with Crippen molar-refractivity contribution in [3.05, 3.63) is 24.0 Å². The van der Waals surface area contributed by atoms with Gasteiger partial charge in [0.15, 0.2) is 0 Å². The predicted octanol–water partition coefficient (Wildman–Crippen LogP) is 1.38. The summed E-state index contributed by atoms with van der Waals surface area (Å²) in [6, 6.07) is 3.16. The molecule has 0 saturated carbocycles. The number of pyridine rings is 1. The van der Waals surface area contributed by atoms with E-state index in [-0.39, 0.29) is 5.69 Å². The number of aliphatic hydroxyl groups is 1. The lowest BCUT2D eigenvalue weighted by Gasteiger charge is -2.29. The van der Waals surface area contributed by atoms with Crippen molar-refractivity contribution < 1.29 is 15.0 Å². The fourth-order valence-corrected chi connectivity index (χ4v) is 1.55. The Balaban J connectivity index is 2.86. The highest BCUT2D eigenvalue weighted by molar-refractivity contribution is 5.85. The number of rotatable bonds is 5. The minimum absolute atomic E-state index is 0.0214. The Morgan fingerprint density at radius 1 is 1.47 bits per heavy atom. The van der Waals surface area contributed by atoms with Crippen molar-refractivity contribution in [1.82, 2.24) is 4.98 Å². The number of aromatic nitrogens is 1. The Bertz CT molecular complexity index is 382. The van der Waals surface area contributed by atoms with Crippen LogP contribution in [0.1, 0.15) is 31.3 Å². The topological polar surface area (TPSA) is 73.7 Å². The first-order valence-electron chi connectivity index (χ1n) is 5.50. The molecule has 0 aliphatic heterocycles. The highest BCUT2D eigenvalue weighted by Crippen LogP contribution is 2.16. The number of likely N-dealkylation sites (N-methyl/N-ethyl adjacent to an activating group) is 1. The standard InChI is InChI=1S/C12H18N2O3/c1-4-14(8-12(2,3)17)9-5-6-10(11(15)16)13-7-9/h5-7,17H,4,8H2,1-3H3,(H,15,16). The molecule has 2 N–H and O–H groups in total. The highest BCUT2D eigenvalue weighted by atomic mass is 16.4. The van der Waals surface area contributed by atoms with Gasteiger partial charge in [-0.2, -0.15) is 0 Å². The van der Waals surface area contributed by atoms with Crippen molar-refractivity contribution in [3.63, 3.8) is 0 Å². The molecule has 1 aromatic rings. The molecule has 1 rings (SSSR count). The predicted molar refractivity (Wildman–Crippen MR) is 65.4 cm³/mol. The van der Waals surface area contributed by atoms with Crippen LogP contribution in [-0.4, -0.2) is 39.9 Å². The molecule has 0 aliphatic carbocycles. The van der Waals surface area contributed by atoms with E-state index in [4.69, 9.17) is 5.11 Å². The van der Waals surface area contributed by atoms with Crippen LogP contribution in [-0.2, 0) is 0 Å². The summed E-state index contributed by atoms with van der Waals surface area (Å²) in [4.78, 5) is 16.5. The van der Waals surface area contributed by atoms with E-state index >= 15 is 0 Å². The number of anilines is 1. The third-order valence-electron chi connectivity index (χ3n) is 2.29. The molecule has 0 radical (unpaired) electrons. The summed E-state index contributed by atoms with van der Waals surface area (Å²) in [6.07, 6.45) is 1.51. The molecule has 0 bridgehead atoms. The molecular weight excluding hydrogens is 220 g/mol. The molecular formula is C12H18N2O3. The third-order valence-corrected chi connectivity index (χ3v) is 2.29. The van der Waals surface area contributed by atoms with Crippen LogP contribution >= 0.6 is 0 Å². The second kappa shape index (κ2) is 5.14. The summed E-state index contributed by atoms with van der Waals surface area (Å²) in [7, 11) is 0. The summed E-state index contributed by atoms with van der Waals surface area (Å²) < 4.78 is 0. The maximum atomic E-state index is 10.7. The van der Waals surface area contributed by atoms with E-state index in [9.17, 15) is 9.90 Å². The fourth-order valence-electron chi connectivity index (χ4n) is 1.55. The third kappa shape index (κ3) is 4.03. The van der Waals surface area contributed by atoms with Crippen molar-refractivity contribution in [2.75, 3.05) is 18.0 Å². The van der Waals surface area contributed by atoms with Crippen molar-refractivity contribution in [1.29, 1.82) is 0 Å². The van der Waals surface area contributed by atoms with Gasteiger partial charge in [-0.25, -0.2) is 9.78 Å². The second-order valence-corrected chi connectivity index (χ2v) is 4.53. The van der Waals surface area contributed by atoms with Crippen LogP contribution < -0.4 is 4.90 Å². The summed E-state index contributed by atoms with van der Waals surface area (Å²) in [6.45, 7) is 6.62. The van der Waals surface area contributed by atoms with Gasteiger partial charge in [-0.05, 0) is 32.9 Å². The van der Waals surface area contributed by atoms with Gasteiger partial charge in [-0.15, -0.1) is 0 Å². The first kappa shape index (κ1) is 13.4. The normalized spacial score (nSPS) is 11.3. The second-order valence-electron chi connectivity index (χ2n) is 4.53. The van der Waals surface area contributed by atoms with Crippen LogP contribution in [0.25, 0.3) is 0 Å². The number of carbonyl (C=O) groups is 1. The van der Waals surface area contributed by atoms with E-state index in [1.165, 1.54) is 12.3 Å². The molecule has 0 amide bonds. The van der Waals surface area contributed by atoms with Crippen molar-refractivity contribution in [2.45, 2.75) is 26.4 Å². The Labute approximate surface area is 101 Å². The number of aromatic carboxylic acids is 1. The molecule has 1 heterocycles. The smallest absolute Gasteiger partial charge is 0.354 e. The lowest BCUT2D eigenvalue weighted by Crippen LogP contribution is -2.38. The molecule has 0 fully saturated rings. The molecule has 0 unspecified atom stereocenters. The Kier molecular flexibility index (Phi) is 4.07. The first-order valence-corrected chi connectivity index (χ1v) is 5.50. The highest BCUT2D eigenvalue weighted by Gasteiger charge is 2.18. The minimum atomic E-state index is -1.04. The SMILES string of the molecule is CCN(CC(C)(C)O)c1ccc(C(=O)O)nc1. The molecule has 5 heteroatoms. The molecule has 0 spiro atoms. The van der Waals surface area contributed by atoms with Gasteiger partial charge in [-0.3, -0.25) is 0 Å². The van der Waals surface area contributed by atoms with Crippen molar-refractivity contribution >= 4 is 11.7 Å². The largest absolute Gasteiger partial charge is 0.477 e. The average Bonchev–Trinajstić information content (AvgIpc) is 2.25. The lowest BCUT2D eigenvalue weighted by atomic mass is 10.1. The minimum Gasteiger partial charge on any atom is -0.477 e. The average molecular weight is 238 g/mol. The number of carboxylic acid groups (broad SMARTS) is 1. The monoisotopic (exact) mass is 238 g/mol. The van der Waals surface area contributed by atoms with Gasteiger partial charge in [0.25, 0.3) is 0 Å². The number of carboxylic acids is 1. The van der Waals surface area contributed by atoms with Gasteiger partial charge in [0.05, 0.1) is 17.5 Å². The van der Waals surface area contributed by atoms with Gasteiger partial charge in [-0.1, -0.05) is 0 Å². The molecule has 0 saturated heterocycles. The summed E-state index contributed by atoms with van der Waals surface area (Å²) in [5.41, 5.74) is 0.0225. The Hall–Kier alpha value is -1.62. The van der Waals surface area contributed by atoms with Crippen LogP contribution in [0.4, 0.5) is 5.69 Å². The van der Waals surface area contributed by atoms with Crippen LogP contribution in [0, 0.1) is 0 Å². The van der Waals surface area contributed by atoms with E-state index in [0.29, 0.717) is 6.54 Å². The van der Waals surface area contributed by atoms with E-state index in [1.54, 1.807) is 19.9 Å². The van der Waals surface area contributed by atoms with Gasteiger partial charge in [0, 0.05) is 13.1 Å². The molecule has 0 aromatic carbocycles. The summed E-state index contributed by atoms with van der Waals surface area (Å²) in [5.74, 6) is -1.04. The summed E-state index contributed by atoms with van der Waals surface area (Å²) in [5, 5.41) is 18.5. The number of nitrogens with zero attached hydrogens (tertiary/aromatic N) is 2. The molecule has 94 valence electrons. The molecule has 17 heavy (non-hydrogen) atoms. The Morgan fingerprint density at radius 2 is 2.12 bits per heavy atom. The van der Waals surface area contributed by atoms with E-state index in [1.807, 2.05) is 11.8 Å². The van der Waals surface area contributed by atoms with Gasteiger partial charge in [0.2, 0.25) is 0 Å². The number of hydrogen-bond donors (Lipinski definition) is 2. The molecule has 1 aromatic heterocycles. The maximum absolute atomic E-state index is 10.7. The molecule has 0 aliphatic rings. The maximum Gasteiger partial charge on any atom is 0.354 e. The zero-order valence-corrected chi connectivity index (χ0v) is 10.3. The molecule has 0 atom stereocenters. The van der Waals surface area contributed by atoms with Crippen LogP contribution in [0.2, 0.25) is 0 Å². The van der Waals surface area contributed by atoms with Crippen LogP contribution in [0.5, 0.6) is 0 Å². The van der Waals surface area contributed by atoms with Crippen LogP contribution in [0.3, 0.4) is 0 Å². The van der Waals surface area contributed by atoms with E-state index < -0.39 is 11.6 Å². The lowest BCUT2D eigenvalue weighted by molar-refractivity contribution is 0.0690. The van der Waals surface area contributed by atoms with Crippen molar-refractivity contribution in [2.24, 2.45) is 0 Å². The fraction of sp³-hybridized carbons (Fsp3) is 0.500. The van der Waals surface area contributed by atoms with Gasteiger partial charge >= 0.3 is 5.97 Å². The van der Waals surface area contributed by atoms with E-state index in [0.717, 1.165) is 12.2 Å². The van der Waals surface area contributed by atoms with E-state index in [2.05, 4.69) is 4.98 Å². The van der Waals surface area contributed by atoms with Crippen LogP contribution in [0.15, 0.2) is 18.3 Å².